The number of benzene rings is 2. The summed E-state index contributed by atoms with van der Waals surface area (Å²) < 4.78 is 7.54. The first-order valence-corrected chi connectivity index (χ1v) is 8.24. The van der Waals surface area contributed by atoms with Gasteiger partial charge in [-0.2, -0.15) is 0 Å². The number of methoxy groups -OCH3 is 1. The quantitative estimate of drug-likeness (QED) is 0.648. The number of hydrogen-bond donors (Lipinski definition) is 0. The van der Waals surface area contributed by atoms with Gasteiger partial charge in [-0.25, -0.2) is 0 Å². The van der Waals surface area contributed by atoms with E-state index < -0.39 is 0 Å². The van der Waals surface area contributed by atoms with Crippen molar-refractivity contribution >= 4 is 0 Å². The van der Waals surface area contributed by atoms with Crippen molar-refractivity contribution in [2.24, 2.45) is 7.05 Å². The second kappa shape index (κ2) is 7.84. The summed E-state index contributed by atoms with van der Waals surface area (Å²) in [5.74, 6) is 0.908. The van der Waals surface area contributed by atoms with E-state index in [1.807, 2.05) is 6.07 Å². The van der Waals surface area contributed by atoms with Gasteiger partial charge in [-0.3, -0.25) is 4.90 Å². The topological polar surface area (TPSA) is 17.4 Å². The van der Waals surface area contributed by atoms with Crippen molar-refractivity contribution in [3.8, 4) is 5.75 Å². The molecule has 0 aliphatic carbocycles. The Morgan fingerprint density at radius 1 is 0.833 bits per heavy atom. The molecule has 124 valence electrons. The van der Waals surface area contributed by atoms with Gasteiger partial charge in [-0.1, -0.05) is 42.5 Å². The summed E-state index contributed by atoms with van der Waals surface area (Å²) in [6.45, 7) is 2.72. The monoisotopic (exact) mass is 320 g/mol. The predicted molar refractivity (Wildman–Crippen MR) is 97.8 cm³/mol. The molecule has 0 saturated carbocycles. The van der Waals surface area contributed by atoms with Crippen LogP contribution in [0.1, 0.15) is 16.8 Å². The van der Waals surface area contributed by atoms with Crippen LogP contribution < -0.4 is 4.74 Å². The summed E-state index contributed by atoms with van der Waals surface area (Å²) in [7, 11) is 3.81. The lowest BCUT2D eigenvalue weighted by atomic mass is 10.1. The summed E-state index contributed by atoms with van der Waals surface area (Å²) in [4.78, 5) is 2.46. The molecular formula is C21H24N2O. The minimum atomic E-state index is 0.886. The van der Waals surface area contributed by atoms with Gasteiger partial charge < -0.3 is 9.30 Å². The van der Waals surface area contributed by atoms with Gasteiger partial charge in [0.2, 0.25) is 0 Å². The van der Waals surface area contributed by atoms with Crippen LogP contribution in [0.25, 0.3) is 0 Å². The molecular weight excluding hydrogens is 296 g/mol. The number of hydrogen-bond acceptors (Lipinski definition) is 2. The molecule has 0 fully saturated rings. The molecule has 3 heteroatoms. The van der Waals surface area contributed by atoms with Crippen LogP contribution in [0.15, 0.2) is 72.9 Å². The standard InChI is InChI=1S/C21H24N2O/c1-22-13-7-11-20(22)17-23(15-18-8-4-3-5-9-18)16-19-10-6-12-21(14-19)24-2/h3-14H,15-17H2,1-2H3. The fourth-order valence-electron chi connectivity index (χ4n) is 2.93. The van der Waals surface area contributed by atoms with Crippen LogP contribution in [0.2, 0.25) is 0 Å². The lowest BCUT2D eigenvalue weighted by molar-refractivity contribution is 0.242. The van der Waals surface area contributed by atoms with Crippen LogP contribution in [0, 0.1) is 0 Å². The molecule has 0 spiro atoms. The Hall–Kier alpha value is -2.52. The summed E-state index contributed by atoms with van der Waals surface area (Å²) in [6, 6.07) is 23.2. The van der Waals surface area contributed by atoms with Gasteiger partial charge in [0, 0.05) is 38.6 Å². The highest BCUT2D eigenvalue weighted by molar-refractivity contribution is 5.28. The first-order chi connectivity index (χ1) is 11.7. The number of nitrogens with zero attached hydrogens (tertiary/aromatic N) is 2. The summed E-state index contributed by atoms with van der Waals surface area (Å²) in [6.07, 6.45) is 2.10. The third kappa shape index (κ3) is 4.27. The maximum absolute atomic E-state index is 5.36. The van der Waals surface area contributed by atoms with E-state index in [0.717, 1.165) is 25.4 Å². The van der Waals surface area contributed by atoms with Crippen molar-refractivity contribution in [3.05, 3.63) is 89.7 Å². The molecule has 0 saturated heterocycles. The van der Waals surface area contributed by atoms with Crippen molar-refractivity contribution in [1.29, 1.82) is 0 Å². The highest BCUT2D eigenvalue weighted by Crippen LogP contribution is 2.18. The van der Waals surface area contributed by atoms with Gasteiger partial charge in [0.15, 0.2) is 0 Å². The zero-order valence-electron chi connectivity index (χ0n) is 14.4. The smallest absolute Gasteiger partial charge is 0.119 e. The predicted octanol–water partition coefficient (Wildman–Crippen LogP) is 4.24. The van der Waals surface area contributed by atoms with Crippen LogP contribution in [-0.4, -0.2) is 16.6 Å². The minimum absolute atomic E-state index is 0.886. The van der Waals surface area contributed by atoms with Crippen molar-refractivity contribution < 1.29 is 4.74 Å². The Balaban J connectivity index is 1.79. The van der Waals surface area contributed by atoms with E-state index >= 15 is 0 Å². The number of aromatic nitrogens is 1. The van der Waals surface area contributed by atoms with Gasteiger partial charge in [0.25, 0.3) is 0 Å². The van der Waals surface area contributed by atoms with E-state index in [2.05, 4.69) is 83.4 Å². The van der Waals surface area contributed by atoms with Crippen LogP contribution in [0.5, 0.6) is 5.75 Å². The van der Waals surface area contributed by atoms with E-state index in [1.54, 1.807) is 7.11 Å². The Morgan fingerprint density at radius 3 is 2.29 bits per heavy atom. The number of aryl methyl sites for hydroxylation is 1. The first-order valence-electron chi connectivity index (χ1n) is 8.24. The fraction of sp³-hybridized carbons (Fsp3) is 0.238. The average molecular weight is 320 g/mol. The van der Waals surface area contributed by atoms with E-state index in [-0.39, 0.29) is 0 Å². The molecule has 1 aromatic heterocycles. The molecule has 3 nitrogen and oxygen atoms in total. The maximum atomic E-state index is 5.36. The first kappa shape index (κ1) is 16.3. The molecule has 0 radical (unpaired) electrons. The fourth-order valence-corrected chi connectivity index (χ4v) is 2.93. The summed E-state index contributed by atoms with van der Waals surface area (Å²) in [5, 5.41) is 0. The zero-order valence-corrected chi connectivity index (χ0v) is 14.4. The zero-order chi connectivity index (χ0) is 16.8. The molecule has 0 aliphatic rings. The molecule has 0 bridgehead atoms. The van der Waals surface area contributed by atoms with E-state index in [9.17, 15) is 0 Å². The van der Waals surface area contributed by atoms with E-state index in [1.165, 1.54) is 16.8 Å². The number of ether oxygens (including phenoxy) is 1. The Morgan fingerprint density at radius 2 is 1.58 bits per heavy atom. The van der Waals surface area contributed by atoms with E-state index in [0.29, 0.717) is 0 Å². The van der Waals surface area contributed by atoms with Gasteiger partial charge in [-0.15, -0.1) is 0 Å². The summed E-state index contributed by atoms with van der Waals surface area (Å²) >= 11 is 0. The van der Waals surface area contributed by atoms with Crippen molar-refractivity contribution in [3.63, 3.8) is 0 Å². The highest BCUT2D eigenvalue weighted by atomic mass is 16.5. The second-order valence-corrected chi connectivity index (χ2v) is 6.09. The lowest BCUT2D eigenvalue weighted by Crippen LogP contribution is -2.23. The van der Waals surface area contributed by atoms with Gasteiger partial charge in [-0.05, 0) is 35.4 Å². The molecule has 0 atom stereocenters. The third-order valence-corrected chi connectivity index (χ3v) is 4.23. The molecule has 3 rings (SSSR count). The van der Waals surface area contributed by atoms with Gasteiger partial charge in [0.05, 0.1) is 7.11 Å². The Kier molecular flexibility index (Phi) is 5.34. The third-order valence-electron chi connectivity index (χ3n) is 4.23. The van der Waals surface area contributed by atoms with E-state index in [4.69, 9.17) is 4.74 Å². The maximum Gasteiger partial charge on any atom is 0.119 e. The normalized spacial score (nSPS) is 11.0. The highest BCUT2D eigenvalue weighted by Gasteiger charge is 2.10. The molecule has 3 aromatic rings. The van der Waals surface area contributed by atoms with Crippen molar-refractivity contribution in [2.75, 3.05) is 7.11 Å². The molecule has 0 unspecified atom stereocenters. The summed E-state index contributed by atoms with van der Waals surface area (Å²) in [5.41, 5.74) is 3.91. The molecule has 2 aromatic carbocycles. The van der Waals surface area contributed by atoms with Crippen molar-refractivity contribution in [2.45, 2.75) is 19.6 Å². The largest absolute Gasteiger partial charge is 0.497 e. The van der Waals surface area contributed by atoms with Crippen molar-refractivity contribution in [1.82, 2.24) is 9.47 Å². The van der Waals surface area contributed by atoms with Crippen LogP contribution in [-0.2, 0) is 26.7 Å². The lowest BCUT2D eigenvalue weighted by Gasteiger charge is -2.23. The minimum Gasteiger partial charge on any atom is -0.497 e. The van der Waals surface area contributed by atoms with Gasteiger partial charge in [0.1, 0.15) is 5.75 Å². The Bertz CT molecular complexity index is 764. The van der Waals surface area contributed by atoms with Crippen LogP contribution >= 0.6 is 0 Å². The molecule has 1 heterocycles. The van der Waals surface area contributed by atoms with Gasteiger partial charge >= 0.3 is 0 Å². The van der Waals surface area contributed by atoms with Crippen LogP contribution in [0.4, 0.5) is 0 Å². The SMILES string of the molecule is COc1cccc(CN(Cc2ccccc2)Cc2cccn2C)c1. The molecule has 24 heavy (non-hydrogen) atoms. The molecule has 0 amide bonds. The average Bonchev–Trinajstić information content (AvgIpc) is 3.01. The molecule has 0 aliphatic heterocycles. The molecule has 0 N–H and O–H groups in total. The van der Waals surface area contributed by atoms with Crippen LogP contribution in [0.3, 0.4) is 0 Å². The second-order valence-electron chi connectivity index (χ2n) is 6.09. The number of rotatable bonds is 7. The Labute approximate surface area is 144 Å².